The summed E-state index contributed by atoms with van der Waals surface area (Å²) < 4.78 is 5.06. The van der Waals surface area contributed by atoms with Crippen molar-refractivity contribution in [1.29, 1.82) is 0 Å². The second-order valence-electron chi connectivity index (χ2n) is 5.70. The molecule has 0 aromatic heterocycles. The van der Waals surface area contributed by atoms with Crippen molar-refractivity contribution in [2.24, 2.45) is 0 Å². The first-order chi connectivity index (χ1) is 12.1. The molecule has 0 bridgehead atoms. The van der Waals surface area contributed by atoms with E-state index in [1.54, 1.807) is 47.9 Å². The molecular weight excluding hydrogens is 336 g/mol. The summed E-state index contributed by atoms with van der Waals surface area (Å²) in [5.41, 5.74) is 1.69. The average molecular weight is 356 g/mol. The quantitative estimate of drug-likeness (QED) is 0.829. The van der Waals surface area contributed by atoms with E-state index >= 15 is 0 Å². The maximum absolute atomic E-state index is 12.9. The Morgan fingerprint density at radius 2 is 1.92 bits per heavy atom. The molecule has 0 saturated heterocycles. The number of rotatable bonds is 3. The first-order valence-electron chi connectivity index (χ1n) is 8.20. The van der Waals surface area contributed by atoms with Gasteiger partial charge in [-0.15, -0.1) is 11.8 Å². The standard InChI is InChI=1S/C19H20N2O3S/c1-3-24-18(22)14-8-4-5-9-15(14)20-19(23)21-12-13(2)25-17-11-7-6-10-16(17)21/h4-11,13H,3,12H2,1-2H3,(H,20,23)/t13-/m0/s1. The maximum Gasteiger partial charge on any atom is 0.340 e. The van der Waals surface area contributed by atoms with Crippen LogP contribution >= 0.6 is 11.8 Å². The van der Waals surface area contributed by atoms with Gasteiger partial charge in [0.15, 0.2) is 0 Å². The van der Waals surface area contributed by atoms with Crippen LogP contribution in [0.3, 0.4) is 0 Å². The largest absolute Gasteiger partial charge is 0.462 e. The molecule has 5 nitrogen and oxygen atoms in total. The van der Waals surface area contributed by atoms with Crippen LogP contribution < -0.4 is 10.2 Å². The normalized spacial score (nSPS) is 16.1. The predicted octanol–water partition coefficient (Wildman–Crippen LogP) is 4.40. The van der Waals surface area contributed by atoms with E-state index in [0.717, 1.165) is 10.6 Å². The van der Waals surface area contributed by atoms with Crippen molar-refractivity contribution >= 4 is 35.1 Å². The molecule has 130 valence electrons. The SMILES string of the molecule is CCOC(=O)c1ccccc1NC(=O)N1C[C@H](C)Sc2ccccc21. The number of ether oxygens (including phenoxy) is 1. The Morgan fingerprint density at radius 1 is 1.20 bits per heavy atom. The number of esters is 1. The molecule has 1 heterocycles. The van der Waals surface area contributed by atoms with Crippen molar-refractivity contribution in [3.8, 4) is 0 Å². The fourth-order valence-corrected chi connectivity index (χ4v) is 3.86. The Kier molecular flexibility index (Phi) is 5.28. The van der Waals surface area contributed by atoms with Gasteiger partial charge in [-0.1, -0.05) is 31.2 Å². The van der Waals surface area contributed by atoms with Crippen LogP contribution in [0.15, 0.2) is 53.4 Å². The lowest BCUT2D eigenvalue weighted by molar-refractivity contribution is 0.0527. The molecule has 0 spiro atoms. The van der Waals surface area contributed by atoms with Crippen LogP contribution in [0.5, 0.6) is 0 Å². The van der Waals surface area contributed by atoms with E-state index in [-0.39, 0.29) is 12.6 Å². The number of nitrogens with zero attached hydrogens (tertiary/aromatic N) is 1. The molecule has 1 N–H and O–H groups in total. The van der Waals surface area contributed by atoms with E-state index in [2.05, 4.69) is 12.2 Å². The molecule has 1 atom stereocenters. The number of hydrogen-bond acceptors (Lipinski definition) is 4. The molecule has 2 amide bonds. The van der Waals surface area contributed by atoms with Crippen molar-refractivity contribution in [1.82, 2.24) is 0 Å². The molecule has 0 unspecified atom stereocenters. The number of benzene rings is 2. The van der Waals surface area contributed by atoms with Crippen molar-refractivity contribution in [2.45, 2.75) is 24.0 Å². The number of carbonyl (C=O) groups is 2. The first-order valence-corrected chi connectivity index (χ1v) is 9.08. The number of carbonyl (C=O) groups excluding carboxylic acids is 2. The lowest BCUT2D eigenvalue weighted by Gasteiger charge is -2.32. The van der Waals surface area contributed by atoms with Gasteiger partial charge in [-0.3, -0.25) is 4.90 Å². The number of para-hydroxylation sites is 2. The van der Waals surface area contributed by atoms with Gasteiger partial charge in [-0.2, -0.15) is 0 Å². The minimum Gasteiger partial charge on any atom is -0.462 e. The monoisotopic (exact) mass is 356 g/mol. The molecule has 1 aliphatic heterocycles. The third kappa shape index (κ3) is 3.79. The summed E-state index contributed by atoms with van der Waals surface area (Å²) in [7, 11) is 0. The van der Waals surface area contributed by atoms with Gasteiger partial charge in [0.05, 0.1) is 23.5 Å². The second-order valence-corrected chi connectivity index (χ2v) is 7.18. The molecule has 1 aliphatic rings. The van der Waals surface area contributed by atoms with Gasteiger partial charge in [-0.25, -0.2) is 9.59 Å². The highest BCUT2D eigenvalue weighted by molar-refractivity contribution is 8.00. The third-order valence-electron chi connectivity index (χ3n) is 3.83. The Balaban J connectivity index is 1.85. The molecule has 2 aromatic rings. The van der Waals surface area contributed by atoms with E-state index in [0.29, 0.717) is 23.0 Å². The summed E-state index contributed by atoms with van der Waals surface area (Å²) in [6, 6.07) is 14.5. The summed E-state index contributed by atoms with van der Waals surface area (Å²) >= 11 is 1.76. The van der Waals surface area contributed by atoms with Crippen LogP contribution in [0.4, 0.5) is 16.2 Å². The van der Waals surface area contributed by atoms with Crippen LogP contribution in [0.25, 0.3) is 0 Å². The molecule has 0 fully saturated rings. The van der Waals surface area contributed by atoms with Crippen molar-refractivity contribution in [3.05, 3.63) is 54.1 Å². The second kappa shape index (κ2) is 7.61. The number of urea groups is 1. The Bertz CT molecular complexity index is 794. The number of nitrogens with one attached hydrogen (secondary N) is 1. The molecule has 2 aromatic carbocycles. The summed E-state index contributed by atoms with van der Waals surface area (Å²) in [6.45, 7) is 4.74. The van der Waals surface area contributed by atoms with Crippen LogP contribution in [-0.4, -0.2) is 30.4 Å². The number of amides is 2. The average Bonchev–Trinajstić information content (AvgIpc) is 2.61. The van der Waals surface area contributed by atoms with E-state index in [1.165, 1.54) is 0 Å². The van der Waals surface area contributed by atoms with Gasteiger partial charge in [-0.05, 0) is 31.2 Å². The zero-order valence-corrected chi connectivity index (χ0v) is 15.0. The first kappa shape index (κ1) is 17.4. The predicted molar refractivity (Wildman–Crippen MR) is 101 cm³/mol. The fourth-order valence-electron chi connectivity index (χ4n) is 2.74. The fraction of sp³-hybridized carbons (Fsp3) is 0.263. The van der Waals surface area contributed by atoms with Gasteiger partial charge >= 0.3 is 12.0 Å². The molecule has 6 heteroatoms. The molecule has 0 radical (unpaired) electrons. The van der Waals surface area contributed by atoms with Crippen LogP contribution in [-0.2, 0) is 4.74 Å². The van der Waals surface area contributed by atoms with E-state index < -0.39 is 5.97 Å². The minimum absolute atomic E-state index is 0.253. The third-order valence-corrected chi connectivity index (χ3v) is 4.98. The zero-order valence-electron chi connectivity index (χ0n) is 14.2. The number of fused-ring (bicyclic) bond motifs is 1. The lowest BCUT2D eigenvalue weighted by Crippen LogP contribution is -2.41. The molecule has 3 rings (SSSR count). The lowest BCUT2D eigenvalue weighted by atomic mass is 10.2. The van der Waals surface area contributed by atoms with Gasteiger partial charge in [0.1, 0.15) is 0 Å². The summed E-state index contributed by atoms with van der Waals surface area (Å²) in [6.07, 6.45) is 0. The Morgan fingerprint density at radius 3 is 2.72 bits per heavy atom. The number of thioether (sulfide) groups is 1. The number of anilines is 2. The van der Waals surface area contributed by atoms with E-state index in [1.807, 2.05) is 24.3 Å². The maximum atomic E-state index is 12.9. The highest BCUT2D eigenvalue weighted by Crippen LogP contribution is 2.38. The van der Waals surface area contributed by atoms with E-state index in [9.17, 15) is 9.59 Å². The highest BCUT2D eigenvalue weighted by Gasteiger charge is 2.27. The van der Waals surface area contributed by atoms with Gasteiger partial charge in [0, 0.05) is 16.7 Å². The highest BCUT2D eigenvalue weighted by atomic mass is 32.2. The van der Waals surface area contributed by atoms with Crippen LogP contribution in [0.2, 0.25) is 0 Å². The van der Waals surface area contributed by atoms with Crippen LogP contribution in [0.1, 0.15) is 24.2 Å². The summed E-state index contributed by atoms with van der Waals surface area (Å²) in [4.78, 5) is 27.7. The molecular formula is C19H20N2O3S. The summed E-state index contributed by atoms with van der Waals surface area (Å²) in [5, 5.41) is 3.15. The minimum atomic E-state index is -0.443. The number of hydrogen-bond donors (Lipinski definition) is 1. The van der Waals surface area contributed by atoms with Crippen molar-refractivity contribution in [3.63, 3.8) is 0 Å². The molecule has 0 saturated carbocycles. The summed E-state index contributed by atoms with van der Waals surface area (Å²) in [5.74, 6) is -0.443. The van der Waals surface area contributed by atoms with Crippen molar-refractivity contribution < 1.29 is 14.3 Å². The Labute approximate surface area is 151 Å². The Hall–Kier alpha value is -2.47. The zero-order chi connectivity index (χ0) is 17.8. The van der Waals surface area contributed by atoms with Gasteiger partial charge in [0.25, 0.3) is 0 Å². The van der Waals surface area contributed by atoms with Gasteiger partial charge < -0.3 is 10.1 Å². The molecule has 25 heavy (non-hydrogen) atoms. The smallest absolute Gasteiger partial charge is 0.340 e. The van der Waals surface area contributed by atoms with E-state index in [4.69, 9.17) is 4.74 Å². The topological polar surface area (TPSA) is 58.6 Å². The molecule has 0 aliphatic carbocycles. The van der Waals surface area contributed by atoms with Crippen molar-refractivity contribution in [2.75, 3.05) is 23.4 Å². The van der Waals surface area contributed by atoms with Crippen LogP contribution in [0, 0.1) is 0 Å². The van der Waals surface area contributed by atoms with Gasteiger partial charge in [0.2, 0.25) is 0 Å².